The number of aryl methyl sites for hydroxylation is 2. The fraction of sp³-hybridized carbons (Fsp3) is 0.458. The van der Waals surface area contributed by atoms with Gasteiger partial charge in [0, 0.05) is 19.2 Å². The lowest BCUT2D eigenvalue weighted by atomic mass is 9.84. The molecule has 0 bridgehead atoms. The first-order chi connectivity index (χ1) is 14.1. The lowest BCUT2D eigenvalue weighted by molar-refractivity contribution is -0.384. The van der Waals surface area contributed by atoms with Crippen LogP contribution in [0.4, 0.5) is 11.4 Å². The van der Waals surface area contributed by atoms with Crippen molar-refractivity contribution in [3.8, 4) is 0 Å². The smallest absolute Gasteiger partial charge is 0.338 e. The highest BCUT2D eigenvalue weighted by Gasteiger charge is 2.24. The Hall–Kier alpha value is -2.89. The van der Waals surface area contributed by atoms with Crippen molar-refractivity contribution in [2.75, 3.05) is 18.0 Å². The Labute approximate surface area is 178 Å². The van der Waals surface area contributed by atoms with Crippen LogP contribution in [-0.2, 0) is 16.8 Å². The topological polar surface area (TPSA) is 72.7 Å². The summed E-state index contributed by atoms with van der Waals surface area (Å²) in [7, 11) is 0. The summed E-state index contributed by atoms with van der Waals surface area (Å²) >= 11 is 0. The number of nitrogens with zero attached hydrogens (tertiary/aromatic N) is 2. The molecule has 1 aliphatic rings. The van der Waals surface area contributed by atoms with Crippen LogP contribution in [0.25, 0.3) is 0 Å². The van der Waals surface area contributed by atoms with Crippen LogP contribution >= 0.6 is 0 Å². The number of esters is 1. The van der Waals surface area contributed by atoms with Crippen LogP contribution < -0.4 is 4.90 Å². The molecule has 0 N–H and O–H groups in total. The molecule has 160 valence electrons. The van der Waals surface area contributed by atoms with E-state index in [1.54, 1.807) is 12.1 Å². The Morgan fingerprint density at radius 3 is 2.23 bits per heavy atom. The molecule has 2 aromatic rings. The molecular formula is C24H30N2O4. The van der Waals surface area contributed by atoms with Gasteiger partial charge in [-0.2, -0.15) is 0 Å². The molecular weight excluding hydrogens is 380 g/mol. The zero-order chi connectivity index (χ0) is 22.1. The standard InChI is InChI=1S/C24H30N2O4/c1-16-12-19(24(3,4)5)13-17(2)20(16)15-30-23(27)18-8-9-21(22(14-18)26(28)29)25-10-6-7-11-25/h8-9,12-14H,6-7,10-11,15H2,1-5H3. The second-order valence-corrected chi connectivity index (χ2v) is 9.07. The van der Waals surface area contributed by atoms with E-state index < -0.39 is 10.9 Å². The van der Waals surface area contributed by atoms with E-state index in [0.29, 0.717) is 5.69 Å². The zero-order valence-corrected chi connectivity index (χ0v) is 18.4. The monoisotopic (exact) mass is 410 g/mol. The van der Waals surface area contributed by atoms with Gasteiger partial charge in [-0.25, -0.2) is 4.79 Å². The van der Waals surface area contributed by atoms with E-state index in [-0.39, 0.29) is 23.3 Å². The van der Waals surface area contributed by atoms with Gasteiger partial charge in [0.05, 0.1) is 10.5 Å². The minimum atomic E-state index is -0.551. The second kappa shape index (κ2) is 8.46. The summed E-state index contributed by atoms with van der Waals surface area (Å²) in [5, 5.41) is 11.6. The van der Waals surface area contributed by atoms with Crippen LogP contribution in [0.5, 0.6) is 0 Å². The number of anilines is 1. The van der Waals surface area contributed by atoms with E-state index >= 15 is 0 Å². The van der Waals surface area contributed by atoms with Crippen LogP contribution in [0.15, 0.2) is 30.3 Å². The molecule has 0 saturated carbocycles. The minimum Gasteiger partial charge on any atom is -0.457 e. The van der Waals surface area contributed by atoms with E-state index in [1.165, 1.54) is 11.6 Å². The predicted octanol–water partition coefficient (Wildman–Crippen LogP) is 5.47. The molecule has 1 fully saturated rings. The number of ether oxygens (including phenoxy) is 1. The Morgan fingerprint density at radius 1 is 1.10 bits per heavy atom. The van der Waals surface area contributed by atoms with Gasteiger partial charge in [0.15, 0.2) is 0 Å². The fourth-order valence-corrected chi connectivity index (χ4v) is 3.90. The average molecular weight is 411 g/mol. The highest BCUT2D eigenvalue weighted by atomic mass is 16.6. The Morgan fingerprint density at radius 2 is 1.70 bits per heavy atom. The van der Waals surface area contributed by atoms with Crippen molar-refractivity contribution < 1.29 is 14.5 Å². The number of benzene rings is 2. The number of nitro groups is 1. The molecule has 1 aliphatic heterocycles. The molecule has 30 heavy (non-hydrogen) atoms. The highest BCUT2D eigenvalue weighted by Crippen LogP contribution is 2.32. The van der Waals surface area contributed by atoms with Gasteiger partial charge >= 0.3 is 5.97 Å². The van der Waals surface area contributed by atoms with E-state index in [1.807, 2.05) is 18.7 Å². The van der Waals surface area contributed by atoms with Crippen molar-refractivity contribution in [3.63, 3.8) is 0 Å². The van der Waals surface area contributed by atoms with Crippen molar-refractivity contribution in [3.05, 3.63) is 68.3 Å². The third kappa shape index (κ3) is 4.64. The Balaban J connectivity index is 1.78. The maximum atomic E-state index is 12.6. The van der Waals surface area contributed by atoms with Crippen LogP contribution in [0.1, 0.15) is 66.2 Å². The van der Waals surface area contributed by atoms with Crippen LogP contribution in [0.2, 0.25) is 0 Å². The van der Waals surface area contributed by atoms with Gasteiger partial charge in [-0.1, -0.05) is 32.9 Å². The van der Waals surface area contributed by atoms with Crippen molar-refractivity contribution in [1.82, 2.24) is 0 Å². The van der Waals surface area contributed by atoms with Crippen molar-refractivity contribution in [2.45, 2.75) is 59.5 Å². The first-order valence-corrected chi connectivity index (χ1v) is 10.4. The maximum absolute atomic E-state index is 12.6. The molecule has 6 heteroatoms. The SMILES string of the molecule is Cc1cc(C(C)(C)C)cc(C)c1COC(=O)c1ccc(N2CCCC2)c([N+](=O)[O-])c1. The molecule has 0 radical (unpaired) electrons. The first-order valence-electron chi connectivity index (χ1n) is 10.4. The van der Waals surface area contributed by atoms with Crippen molar-refractivity contribution in [1.29, 1.82) is 0 Å². The molecule has 0 unspecified atom stereocenters. The van der Waals surface area contributed by atoms with Crippen molar-refractivity contribution in [2.24, 2.45) is 0 Å². The third-order valence-corrected chi connectivity index (χ3v) is 5.76. The molecule has 0 amide bonds. The second-order valence-electron chi connectivity index (χ2n) is 9.07. The maximum Gasteiger partial charge on any atom is 0.338 e. The van der Waals surface area contributed by atoms with E-state index in [0.717, 1.165) is 42.6 Å². The summed E-state index contributed by atoms with van der Waals surface area (Å²) in [6.45, 7) is 12.3. The summed E-state index contributed by atoms with van der Waals surface area (Å²) in [4.78, 5) is 25.7. The largest absolute Gasteiger partial charge is 0.457 e. The number of nitro benzene ring substituents is 1. The minimum absolute atomic E-state index is 0.0424. The van der Waals surface area contributed by atoms with Gasteiger partial charge in [-0.3, -0.25) is 10.1 Å². The zero-order valence-electron chi connectivity index (χ0n) is 18.4. The van der Waals surface area contributed by atoms with E-state index in [9.17, 15) is 14.9 Å². The normalized spacial score (nSPS) is 14.1. The van der Waals surface area contributed by atoms with Crippen LogP contribution in [0, 0.1) is 24.0 Å². The quantitative estimate of drug-likeness (QED) is 0.371. The summed E-state index contributed by atoms with van der Waals surface area (Å²) in [5.41, 5.74) is 5.12. The number of hydrogen-bond acceptors (Lipinski definition) is 5. The summed E-state index contributed by atoms with van der Waals surface area (Å²) in [6.07, 6.45) is 2.04. The number of carbonyl (C=O) groups excluding carboxylic acids is 1. The molecule has 2 aromatic carbocycles. The molecule has 1 saturated heterocycles. The molecule has 0 aromatic heterocycles. The molecule has 3 rings (SSSR count). The molecule has 0 spiro atoms. The van der Waals surface area contributed by atoms with E-state index in [2.05, 4.69) is 32.9 Å². The number of hydrogen-bond donors (Lipinski definition) is 0. The van der Waals surface area contributed by atoms with Gasteiger partial charge in [-0.05, 0) is 66.5 Å². The van der Waals surface area contributed by atoms with Crippen LogP contribution in [-0.4, -0.2) is 24.0 Å². The number of carbonyl (C=O) groups is 1. The van der Waals surface area contributed by atoms with Crippen LogP contribution in [0.3, 0.4) is 0 Å². The summed E-state index contributed by atoms with van der Waals surface area (Å²) in [5.74, 6) is -0.551. The molecule has 6 nitrogen and oxygen atoms in total. The van der Waals surface area contributed by atoms with Gasteiger partial charge < -0.3 is 9.64 Å². The van der Waals surface area contributed by atoms with Gasteiger partial charge in [0.25, 0.3) is 5.69 Å². The average Bonchev–Trinajstić information content (AvgIpc) is 3.20. The fourth-order valence-electron chi connectivity index (χ4n) is 3.90. The lowest BCUT2D eigenvalue weighted by Crippen LogP contribution is -2.19. The Bertz CT molecular complexity index is 947. The van der Waals surface area contributed by atoms with Gasteiger partial charge in [0.2, 0.25) is 0 Å². The molecule has 0 aliphatic carbocycles. The first kappa shape index (κ1) is 21.8. The summed E-state index contributed by atoms with van der Waals surface area (Å²) in [6, 6.07) is 8.87. The Kier molecular flexibility index (Phi) is 6.15. The lowest BCUT2D eigenvalue weighted by Gasteiger charge is -2.22. The van der Waals surface area contributed by atoms with Crippen molar-refractivity contribution >= 4 is 17.3 Å². The predicted molar refractivity (Wildman–Crippen MR) is 118 cm³/mol. The number of rotatable bonds is 5. The van der Waals surface area contributed by atoms with Gasteiger partial charge in [-0.15, -0.1) is 0 Å². The van der Waals surface area contributed by atoms with E-state index in [4.69, 9.17) is 4.74 Å². The molecule has 0 atom stereocenters. The summed E-state index contributed by atoms with van der Waals surface area (Å²) < 4.78 is 5.53. The van der Waals surface area contributed by atoms with Gasteiger partial charge in [0.1, 0.15) is 12.3 Å². The molecule has 1 heterocycles. The third-order valence-electron chi connectivity index (χ3n) is 5.76. The highest BCUT2D eigenvalue weighted by molar-refractivity contribution is 5.91.